The van der Waals surface area contributed by atoms with E-state index in [1.54, 1.807) is 0 Å². The number of rotatable bonds is 5. The zero-order valence-electron chi connectivity index (χ0n) is 10.1. The lowest BCUT2D eigenvalue weighted by Crippen LogP contribution is -2.49. The maximum atomic E-state index is 11.9. The Morgan fingerprint density at radius 1 is 1.29 bits per heavy atom. The van der Waals surface area contributed by atoms with E-state index in [1.165, 1.54) is 0 Å². The lowest BCUT2D eigenvalue weighted by atomic mass is 9.98. The number of likely N-dealkylation sites (N-methyl/N-ethyl adjacent to an activating group) is 1. The molecular formula is C11H24N2O. The molecule has 0 fully saturated rings. The molecule has 0 rings (SSSR count). The van der Waals surface area contributed by atoms with Crippen LogP contribution in [0.4, 0.5) is 0 Å². The Hall–Kier alpha value is -0.570. The van der Waals surface area contributed by atoms with Gasteiger partial charge in [-0.05, 0) is 26.7 Å². The van der Waals surface area contributed by atoms with Gasteiger partial charge in [-0.1, -0.05) is 20.3 Å². The molecule has 0 aromatic heterocycles. The van der Waals surface area contributed by atoms with Crippen LogP contribution in [-0.4, -0.2) is 29.4 Å². The van der Waals surface area contributed by atoms with Gasteiger partial charge in [0.05, 0.1) is 6.04 Å². The van der Waals surface area contributed by atoms with Crippen LogP contribution in [-0.2, 0) is 4.79 Å². The van der Waals surface area contributed by atoms with Gasteiger partial charge in [0.15, 0.2) is 0 Å². The quantitative estimate of drug-likeness (QED) is 0.733. The Kier molecular flexibility index (Phi) is 5.77. The van der Waals surface area contributed by atoms with Crippen molar-refractivity contribution >= 4 is 5.91 Å². The topological polar surface area (TPSA) is 46.3 Å². The van der Waals surface area contributed by atoms with Gasteiger partial charge in [-0.3, -0.25) is 4.79 Å². The molecule has 0 radical (unpaired) electrons. The molecule has 0 bridgehead atoms. The van der Waals surface area contributed by atoms with Crippen molar-refractivity contribution in [1.82, 2.24) is 4.90 Å². The van der Waals surface area contributed by atoms with E-state index in [2.05, 4.69) is 6.92 Å². The summed E-state index contributed by atoms with van der Waals surface area (Å²) in [5.74, 6) is 0.340. The first-order chi connectivity index (χ1) is 6.45. The maximum absolute atomic E-state index is 11.9. The monoisotopic (exact) mass is 200 g/mol. The van der Waals surface area contributed by atoms with Crippen molar-refractivity contribution in [3.8, 4) is 0 Å². The van der Waals surface area contributed by atoms with Gasteiger partial charge in [0.1, 0.15) is 0 Å². The number of hydrogen-bond donors (Lipinski definition) is 1. The van der Waals surface area contributed by atoms with Crippen LogP contribution in [0.1, 0.15) is 41.0 Å². The van der Waals surface area contributed by atoms with E-state index in [0.717, 1.165) is 13.0 Å². The fraction of sp³-hybridized carbons (Fsp3) is 0.909. The third-order valence-corrected chi connectivity index (χ3v) is 2.79. The SMILES string of the molecule is CCC(C)[C@H](N)C(=O)N(CC)C(C)C. The largest absolute Gasteiger partial charge is 0.339 e. The summed E-state index contributed by atoms with van der Waals surface area (Å²) < 4.78 is 0. The molecule has 0 heterocycles. The minimum Gasteiger partial charge on any atom is -0.339 e. The van der Waals surface area contributed by atoms with E-state index < -0.39 is 0 Å². The Morgan fingerprint density at radius 2 is 1.79 bits per heavy atom. The lowest BCUT2D eigenvalue weighted by molar-refractivity contribution is -0.135. The number of amides is 1. The molecule has 14 heavy (non-hydrogen) atoms. The summed E-state index contributed by atoms with van der Waals surface area (Å²) in [5, 5.41) is 0. The van der Waals surface area contributed by atoms with Gasteiger partial charge in [-0.2, -0.15) is 0 Å². The summed E-state index contributed by atoms with van der Waals surface area (Å²) in [7, 11) is 0. The number of nitrogens with two attached hydrogens (primary N) is 1. The van der Waals surface area contributed by atoms with Crippen molar-refractivity contribution in [2.45, 2.75) is 53.1 Å². The summed E-state index contributed by atoms with van der Waals surface area (Å²) >= 11 is 0. The molecule has 3 heteroatoms. The van der Waals surface area contributed by atoms with Crippen LogP contribution in [0.15, 0.2) is 0 Å². The van der Waals surface area contributed by atoms with Crippen LogP contribution < -0.4 is 5.73 Å². The summed E-state index contributed by atoms with van der Waals surface area (Å²) in [4.78, 5) is 13.7. The molecule has 2 N–H and O–H groups in total. The fourth-order valence-corrected chi connectivity index (χ4v) is 1.46. The highest BCUT2D eigenvalue weighted by atomic mass is 16.2. The van der Waals surface area contributed by atoms with Gasteiger partial charge in [0.25, 0.3) is 0 Å². The molecule has 0 spiro atoms. The third-order valence-electron chi connectivity index (χ3n) is 2.79. The van der Waals surface area contributed by atoms with Gasteiger partial charge < -0.3 is 10.6 Å². The second-order valence-electron chi connectivity index (χ2n) is 4.13. The van der Waals surface area contributed by atoms with Crippen molar-refractivity contribution in [3.05, 3.63) is 0 Å². The van der Waals surface area contributed by atoms with Gasteiger partial charge >= 0.3 is 0 Å². The summed E-state index contributed by atoms with van der Waals surface area (Å²) in [6.07, 6.45) is 0.947. The Balaban J connectivity index is 4.42. The molecule has 0 aliphatic heterocycles. The van der Waals surface area contributed by atoms with Crippen molar-refractivity contribution < 1.29 is 4.79 Å². The first-order valence-corrected chi connectivity index (χ1v) is 5.51. The molecule has 84 valence electrons. The minimum absolute atomic E-state index is 0.0804. The van der Waals surface area contributed by atoms with Crippen LogP contribution in [0.2, 0.25) is 0 Å². The van der Waals surface area contributed by atoms with E-state index in [9.17, 15) is 4.79 Å². The number of carbonyl (C=O) groups excluding carboxylic acids is 1. The average molecular weight is 200 g/mol. The first-order valence-electron chi connectivity index (χ1n) is 5.51. The van der Waals surface area contributed by atoms with Gasteiger partial charge in [-0.15, -0.1) is 0 Å². The molecule has 2 atom stereocenters. The smallest absolute Gasteiger partial charge is 0.239 e. The molecule has 0 saturated carbocycles. The zero-order valence-corrected chi connectivity index (χ0v) is 10.1. The van der Waals surface area contributed by atoms with Crippen LogP contribution in [0.5, 0.6) is 0 Å². The van der Waals surface area contributed by atoms with Crippen LogP contribution in [0.3, 0.4) is 0 Å². The third kappa shape index (κ3) is 3.29. The van der Waals surface area contributed by atoms with Crippen molar-refractivity contribution in [2.24, 2.45) is 11.7 Å². The first kappa shape index (κ1) is 13.4. The highest BCUT2D eigenvalue weighted by molar-refractivity contribution is 5.82. The van der Waals surface area contributed by atoms with Gasteiger partial charge in [0.2, 0.25) is 5.91 Å². The van der Waals surface area contributed by atoms with E-state index in [-0.39, 0.29) is 23.9 Å². The second kappa shape index (κ2) is 6.02. The number of carbonyl (C=O) groups is 1. The fourth-order valence-electron chi connectivity index (χ4n) is 1.46. The van der Waals surface area contributed by atoms with E-state index in [1.807, 2.05) is 32.6 Å². The molecule has 0 saturated heterocycles. The number of hydrogen-bond acceptors (Lipinski definition) is 2. The predicted molar refractivity (Wildman–Crippen MR) is 60.0 cm³/mol. The highest BCUT2D eigenvalue weighted by Crippen LogP contribution is 2.10. The van der Waals surface area contributed by atoms with Crippen molar-refractivity contribution in [2.75, 3.05) is 6.54 Å². The summed E-state index contributed by atoms with van der Waals surface area (Å²) in [6, 6.07) is -0.107. The van der Waals surface area contributed by atoms with Crippen molar-refractivity contribution in [3.63, 3.8) is 0 Å². The minimum atomic E-state index is -0.345. The van der Waals surface area contributed by atoms with E-state index >= 15 is 0 Å². The molecule has 1 unspecified atom stereocenters. The van der Waals surface area contributed by atoms with E-state index in [4.69, 9.17) is 5.73 Å². The molecule has 0 aliphatic carbocycles. The van der Waals surface area contributed by atoms with E-state index in [0.29, 0.717) is 0 Å². The molecule has 0 aliphatic rings. The molecule has 0 aromatic carbocycles. The lowest BCUT2D eigenvalue weighted by Gasteiger charge is -2.30. The number of nitrogens with zero attached hydrogens (tertiary/aromatic N) is 1. The Bertz CT molecular complexity index is 180. The normalized spacial score (nSPS) is 15.4. The van der Waals surface area contributed by atoms with Gasteiger partial charge in [0, 0.05) is 12.6 Å². The standard InChI is InChI=1S/C11H24N2O/c1-6-9(5)10(12)11(14)13(7-2)8(3)4/h8-10H,6-7,12H2,1-5H3/t9?,10-/m0/s1. The molecular weight excluding hydrogens is 176 g/mol. The Labute approximate surface area is 87.6 Å². The van der Waals surface area contributed by atoms with Gasteiger partial charge in [-0.25, -0.2) is 0 Å². The summed E-state index contributed by atoms with van der Waals surface area (Å²) in [5.41, 5.74) is 5.89. The van der Waals surface area contributed by atoms with Crippen molar-refractivity contribution in [1.29, 1.82) is 0 Å². The molecule has 3 nitrogen and oxygen atoms in total. The second-order valence-corrected chi connectivity index (χ2v) is 4.13. The van der Waals surface area contributed by atoms with Crippen LogP contribution in [0, 0.1) is 5.92 Å². The summed E-state index contributed by atoms with van der Waals surface area (Å²) in [6.45, 7) is 10.8. The zero-order chi connectivity index (χ0) is 11.3. The Morgan fingerprint density at radius 3 is 2.07 bits per heavy atom. The maximum Gasteiger partial charge on any atom is 0.239 e. The molecule has 1 amide bonds. The average Bonchev–Trinajstić information content (AvgIpc) is 2.15. The molecule has 0 aromatic rings. The predicted octanol–water partition coefficient (Wildman–Crippen LogP) is 1.62. The highest BCUT2D eigenvalue weighted by Gasteiger charge is 2.25. The van der Waals surface area contributed by atoms with Crippen LogP contribution in [0.25, 0.3) is 0 Å². The van der Waals surface area contributed by atoms with Crippen LogP contribution >= 0.6 is 0 Å².